The summed E-state index contributed by atoms with van der Waals surface area (Å²) in [6.45, 7) is 2.10. The van der Waals surface area contributed by atoms with Crippen LogP contribution in [0, 0.1) is 0 Å². The lowest BCUT2D eigenvalue weighted by Crippen LogP contribution is -2.23. The van der Waals surface area contributed by atoms with E-state index in [9.17, 15) is 9.59 Å². The van der Waals surface area contributed by atoms with Crippen LogP contribution >= 0.6 is 11.8 Å². The third kappa shape index (κ3) is 5.64. The lowest BCUT2D eigenvalue weighted by atomic mass is 10.2. The second-order valence-corrected chi connectivity index (χ2v) is 8.01. The largest absolute Gasteiger partial charge is 0.462 e. The van der Waals surface area contributed by atoms with Crippen molar-refractivity contribution in [3.63, 3.8) is 0 Å². The Morgan fingerprint density at radius 1 is 1.13 bits per heavy atom. The van der Waals surface area contributed by atoms with Gasteiger partial charge in [-0.3, -0.25) is 9.69 Å². The molecular formula is C24H25N3O3S. The minimum atomic E-state index is -0.363. The van der Waals surface area contributed by atoms with Gasteiger partial charge >= 0.3 is 5.97 Å². The average Bonchev–Trinajstić information content (AvgIpc) is 3.02. The van der Waals surface area contributed by atoms with Crippen molar-refractivity contribution in [1.82, 2.24) is 4.90 Å². The van der Waals surface area contributed by atoms with E-state index in [0.717, 1.165) is 11.3 Å². The number of hydrogen-bond acceptors (Lipinski definition) is 6. The molecule has 6 nitrogen and oxygen atoms in total. The van der Waals surface area contributed by atoms with Gasteiger partial charge in [0.2, 0.25) is 0 Å². The molecule has 1 fully saturated rings. The summed E-state index contributed by atoms with van der Waals surface area (Å²) >= 11 is 1.32. The fraction of sp³-hybridized carbons (Fsp3) is 0.208. The zero-order chi connectivity index (χ0) is 22.4. The van der Waals surface area contributed by atoms with Crippen LogP contribution in [0.4, 0.5) is 11.4 Å². The molecule has 0 radical (unpaired) electrons. The Morgan fingerprint density at radius 3 is 2.42 bits per heavy atom. The first-order valence-corrected chi connectivity index (χ1v) is 10.7. The molecule has 0 aliphatic carbocycles. The molecule has 1 aliphatic rings. The molecule has 3 rings (SSSR count). The van der Waals surface area contributed by atoms with Crippen molar-refractivity contribution in [2.75, 3.05) is 32.6 Å². The smallest absolute Gasteiger partial charge is 0.338 e. The van der Waals surface area contributed by atoms with E-state index in [0.29, 0.717) is 27.9 Å². The van der Waals surface area contributed by atoms with Crippen LogP contribution in [0.1, 0.15) is 22.8 Å². The van der Waals surface area contributed by atoms with Crippen LogP contribution in [0.15, 0.2) is 70.6 Å². The number of rotatable bonds is 6. The molecule has 0 unspecified atom stereocenters. The molecule has 1 heterocycles. The lowest BCUT2D eigenvalue weighted by molar-refractivity contribution is -0.121. The highest BCUT2D eigenvalue weighted by atomic mass is 32.2. The third-order valence-corrected chi connectivity index (χ3v) is 5.63. The number of allylic oxidation sites excluding steroid dienone is 2. The van der Waals surface area contributed by atoms with Crippen molar-refractivity contribution < 1.29 is 14.3 Å². The molecule has 1 amide bonds. The Labute approximate surface area is 186 Å². The molecule has 2 aromatic carbocycles. The Bertz CT molecular complexity index is 1040. The normalized spacial score (nSPS) is 16.5. The van der Waals surface area contributed by atoms with E-state index >= 15 is 0 Å². The fourth-order valence-electron chi connectivity index (χ4n) is 2.79. The maximum Gasteiger partial charge on any atom is 0.338 e. The molecule has 0 N–H and O–H groups in total. The van der Waals surface area contributed by atoms with E-state index in [1.54, 1.807) is 44.3 Å². The quantitative estimate of drug-likeness (QED) is 0.485. The first kappa shape index (κ1) is 22.4. The van der Waals surface area contributed by atoms with E-state index in [1.165, 1.54) is 16.7 Å². The van der Waals surface area contributed by atoms with Crippen molar-refractivity contribution in [3.05, 3.63) is 76.7 Å². The van der Waals surface area contributed by atoms with Gasteiger partial charge in [-0.2, -0.15) is 0 Å². The number of aliphatic imine (C=N–C) groups is 1. The number of amidine groups is 1. The maximum atomic E-state index is 12.5. The number of carbonyl (C=O) groups excluding carboxylic acids is 2. The first-order chi connectivity index (χ1) is 14.9. The van der Waals surface area contributed by atoms with Gasteiger partial charge in [0.05, 0.1) is 22.8 Å². The van der Waals surface area contributed by atoms with Gasteiger partial charge < -0.3 is 9.64 Å². The van der Waals surface area contributed by atoms with Crippen molar-refractivity contribution in [3.8, 4) is 0 Å². The monoisotopic (exact) mass is 435 g/mol. The van der Waals surface area contributed by atoms with Crippen LogP contribution in [0.3, 0.4) is 0 Å². The number of nitrogens with zero attached hydrogens (tertiary/aromatic N) is 3. The summed E-state index contributed by atoms with van der Waals surface area (Å²) in [5.74, 6) is -0.461. The predicted octanol–water partition coefficient (Wildman–Crippen LogP) is 4.72. The van der Waals surface area contributed by atoms with Crippen LogP contribution in [0.2, 0.25) is 0 Å². The lowest BCUT2D eigenvalue weighted by Gasteiger charge is -2.11. The summed E-state index contributed by atoms with van der Waals surface area (Å²) in [6.07, 6.45) is 5.63. The van der Waals surface area contributed by atoms with Crippen LogP contribution in [-0.2, 0) is 9.53 Å². The molecule has 0 spiro atoms. The van der Waals surface area contributed by atoms with E-state index in [-0.39, 0.29) is 11.9 Å². The van der Waals surface area contributed by atoms with E-state index in [2.05, 4.69) is 4.99 Å². The minimum Gasteiger partial charge on any atom is -0.462 e. The number of thioether (sulfide) groups is 1. The Kier molecular flexibility index (Phi) is 7.31. The second kappa shape index (κ2) is 10.1. The first-order valence-electron chi connectivity index (χ1n) is 9.86. The number of anilines is 1. The number of ether oxygens (including phenoxy) is 1. The van der Waals surface area contributed by atoms with E-state index in [1.807, 2.05) is 55.4 Å². The van der Waals surface area contributed by atoms with Crippen LogP contribution in [0.5, 0.6) is 0 Å². The molecule has 0 bridgehead atoms. The molecule has 0 aromatic heterocycles. The number of hydrogen-bond donors (Lipinski definition) is 0. The standard InChI is InChI=1S/C24H25N3O3S/c1-5-30-23(29)18-11-13-19(14-12-18)25-24-27(4)22(28)21(31-24)8-6-7-17-9-15-20(16-10-17)26(2)3/h6-16H,5H2,1-4H3. The molecule has 31 heavy (non-hydrogen) atoms. The Hall–Kier alpha value is -3.32. The number of carbonyl (C=O) groups is 2. The van der Waals surface area contributed by atoms with Crippen LogP contribution < -0.4 is 4.90 Å². The molecule has 7 heteroatoms. The van der Waals surface area contributed by atoms with Gasteiger partial charge in [0, 0.05) is 26.8 Å². The zero-order valence-electron chi connectivity index (χ0n) is 18.0. The number of amides is 1. The van der Waals surface area contributed by atoms with E-state index in [4.69, 9.17) is 4.74 Å². The molecule has 1 aliphatic heterocycles. The SMILES string of the molecule is CCOC(=O)c1ccc(N=C2SC(=CC=Cc3ccc(N(C)C)cc3)C(=O)N2C)cc1. The zero-order valence-corrected chi connectivity index (χ0v) is 18.8. The summed E-state index contributed by atoms with van der Waals surface area (Å²) in [7, 11) is 5.71. The number of likely N-dealkylation sites (N-methyl/N-ethyl adjacent to an activating group) is 1. The summed E-state index contributed by atoms with van der Waals surface area (Å²) in [5, 5.41) is 0.587. The molecular weight excluding hydrogens is 410 g/mol. The van der Waals surface area contributed by atoms with Crippen molar-refractivity contribution in [2.45, 2.75) is 6.92 Å². The fourth-order valence-corrected chi connectivity index (χ4v) is 3.73. The second-order valence-electron chi connectivity index (χ2n) is 7.00. The van der Waals surface area contributed by atoms with Crippen molar-refractivity contribution >= 4 is 46.3 Å². The van der Waals surface area contributed by atoms with E-state index < -0.39 is 0 Å². The topological polar surface area (TPSA) is 62.2 Å². The van der Waals surface area contributed by atoms with Gasteiger partial charge in [0.1, 0.15) is 0 Å². The van der Waals surface area contributed by atoms with Gasteiger partial charge in [-0.25, -0.2) is 9.79 Å². The summed E-state index contributed by atoms with van der Waals surface area (Å²) < 4.78 is 4.98. The van der Waals surface area contributed by atoms with Crippen LogP contribution in [0.25, 0.3) is 6.08 Å². The maximum absolute atomic E-state index is 12.5. The van der Waals surface area contributed by atoms with Gasteiger partial charge in [-0.15, -0.1) is 0 Å². The Morgan fingerprint density at radius 2 is 1.81 bits per heavy atom. The Balaban J connectivity index is 1.70. The molecule has 0 saturated carbocycles. The van der Waals surface area contributed by atoms with Gasteiger partial charge in [0.15, 0.2) is 5.17 Å². The molecule has 1 saturated heterocycles. The third-order valence-electron chi connectivity index (χ3n) is 4.55. The van der Waals surface area contributed by atoms with Gasteiger partial charge in [0.25, 0.3) is 5.91 Å². The highest BCUT2D eigenvalue weighted by Gasteiger charge is 2.29. The number of benzene rings is 2. The highest BCUT2D eigenvalue weighted by Crippen LogP contribution is 2.31. The predicted molar refractivity (Wildman–Crippen MR) is 128 cm³/mol. The van der Waals surface area contributed by atoms with Crippen molar-refractivity contribution in [1.29, 1.82) is 0 Å². The van der Waals surface area contributed by atoms with Gasteiger partial charge in [-0.1, -0.05) is 24.3 Å². The number of esters is 1. The highest BCUT2D eigenvalue weighted by molar-refractivity contribution is 8.18. The molecule has 2 aromatic rings. The van der Waals surface area contributed by atoms with Crippen molar-refractivity contribution in [2.24, 2.45) is 4.99 Å². The van der Waals surface area contributed by atoms with Gasteiger partial charge in [-0.05, 0) is 66.7 Å². The average molecular weight is 436 g/mol. The summed E-state index contributed by atoms with van der Waals surface area (Å²) in [4.78, 5) is 33.0. The van der Waals surface area contributed by atoms with Crippen LogP contribution in [-0.4, -0.2) is 49.7 Å². The molecule has 160 valence electrons. The summed E-state index contributed by atoms with van der Waals surface area (Å²) in [5.41, 5.74) is 3.32. The molecule has 0 atom stereocenters. The minimum absolute atomic E-state index is 0.0977. The summed E-state index contributed by atoms with van der Waals surface area (Å²) in [6, 6.07) is 15.0.